The molecule has 57 heavy (non-hydrogen) atoms. The third-order valence-corrected chi connectivity index (χ3v) is 11.4. The molecule has 8 aromatic carbocycles. The molecule has 0 amide bonds. The number of benzene rings is 8. The third-order valence-electron chi connectivity index (χ3n) is 11.4. The van der Waals surface area contributed by atoms with Crippen molar-refractivity contribution in [3.8, 4) is 33.7 Å². The number of anilines is 5. The Hall–Kier alpha value is -7.43. The van der Waals surface area contributed by atoms with E-state index in [1.165, 1.54) is 28.1 Å². The monoisotopic (exact) mass is 731 g/mol. The maximum Gasteiger partial charge on any atom is 0.227 e. The molecule has 0 bridgehead atoms. The van der Waals surface area contributed by atoms with Crippen molar-refractivity contribution in [3.05, 3.63) is 218 Å². The van der Waals surface area contributed by atoms with Crippen LogP contribution >= 0.6 is 0 Å². The van der Waals surface area contributed by atoms with E-state index in [0.29, 0.717) is 5.89 Å². The maximum atomic E-state index is 6.42. The van der Waals surface area contributed by atoms with Crippen molar-refractivity contribution in [1.29, 1.82) is 0 Å². The Morgan fingerprint density at radius 1 is 0.509 bits per heavy atom. The highest BCUT2D eigenvalue weighted by Gasteiger charge is 2.38. The minimum atomic E-state index is 0.218. The van der Waals surface area contributed by atoms with Gasteiger partial charge in [-0.1, -0.05) is 152 Å². The Morgan fingerprint density at radius 2 is 1.18 bits per heavy atom. The molecule has 0 radical (unpaired) electrons. The van der Waals surface area contributed by atoms with Gasteiger partial charge in [0.25, 0.3) is 0 Å². The van der Waals surface area contributed by atoms with Gasteiger partial charge in [-0.25, -0.2) is 4.98 Å². The topological polar surface area (TPSA) is 32.5 Å². The van der Waals surface area contributed by atoms with Crippen molar-refractivity contribution in [3.63, 3.8) is 0 Å². The van der Waals surface area contributed by atoms with Crippen LogP contribution in [-0.2, 0) is 0 Å². The van der Waals surface area contributed by atoms with Crippen LogP contribution < -0.4 is 9.80 Å². The lowest BCUT2D eigenvalue weighted by molar-refractivity contribution is 0.623. The molecule has 2 heterocycles. The molecule has 4 nitrogen and oxygen atoms in total. The molecule has 4 heteroatoms. The van der Waals surface area contributed by atoms with E-state index >= 15 is 0 Å². The molecular weight excluding hydrogens is 695 g/mol. The maximum absolute atomic E-state index is 6.42. The van der Waals surface area contributed by atoms with Crippen molar-refractivity contribution >= 4 is 50.3 Å². The molecule has 11 rings (SSSR count). The summed E-state index contributed by atoms with van der Waals surface area (Å²) in [6.07, 6.45) is 9.04. The van der Waals surface area contributed by atoms with Gasteiger partial charge in [-0.15, -0.1) is 0 Å². The van der Waals surface area contributed by atoms with Gasteiger partial charge in [0, 0.05) is 45.2 Å². The van der Waals surface area contributed by atoms with E-state index in [-0.39, 0.29) is 12.0 Å². The molecular formula is C53H37N3O. The van der Waals surface area contributed by atoms with Gasteiger partial charge < -0.3 is 14.2 Å². The van der Waals surface area contributed by atoms with Gasteiger partial charge in [-0.05, 0) is 88.3 Å². The summed E-state index contributed by atoms with van der Waals surface area (Å²) < 4.78 is 6.42. The number of para-hydroxylation sites is 2. The van der Waals surface area contributed by atoms with Crippen LogP contribution in [0.4, 0.5) is 28.4 Å². The van der Waals surface area contributed by atoms with Gasteiger partial charge >= 0.3 is 0 Å². The van der Waals surface area contributed by atoms with Crippen molar-refractivity contribution < 1.29 is 4.42 Å². The van der Waals surface area contributed by atoms with Crippen LogP contribution in [0.1, 0.15) is 11.5 Å². The molecule has 0 N–H and O–H groups in total. The summed E-state index contributed by atoms with van der Waals surface area (Å²) in [5.41, 5.74) is 14.3. The first-order valence-corrected chi connectivity index (χ1v) is 19.5. The molecule has 1 aromatic heterocycles. The van der Waals surface area contributed by atoms with E-state index in [1.807, 2.05) is 30.3 Å². The normalized spacial score (nSPS) is 15.5. The number of aromatic nitrogens is 1. The summed E-state index contributed by atoms with van der Waals surface area (Å²) in [5.74, 6) is 0.918. The second-order valence-corrected chi connectivity index (χ2v) is 14.7. The van der Waals surface area contributed by atoms with E-state index < -0.39 is 0 Å². The van der Waals surface area contributed by atoms with E-state index in [9.17, 15) is 0 Å². The number of hydrogen-bond donors (Lipinski definition) is 0. The van der Waals surface area contributed by atoms with E-state index in [2.05, 4.69) is 192 Å². The van der Waals surface area contributed by atoms with Crippen LogP contribution in [0.15, 0.2) is 217 Å². The van der Waals surface area contributed by atoms with E-state index in [1.54, 1.807) is 0 Å². The molecule has 2 aliphatic rings. The highest BCUT2D eigenvalue weighted by Crippen LogP contribution is 2.51. The van der Waals surface area contributed by atoms with Crippen molar-refractivity contribution in [2.45, 2.75) is 12.0 Å². The number of allylic oxidation sites excluding steroid dienone is 2. The molecule has 1 aliphatic heterocycles. The fourth-order valence-electron chi connectivity index (χ4n) is 8.80. The molecule has 2 unspecified atom stereocenters. The second-order valence-electron chi connectivity index (χ2n) is 14.7. The summed E-state index contributed by atoms with van der Waals surface area (Å²) >= 11 is 0. The summed E-state index contributed by atoms with van der Waals surface area (Å²) in [6.45, 7) is 0. The van der Waals surface area contributed by atoms with Gasteiger partial charge in [0.2, 0.25) is 5.89 Å². The number of oxazole rings is 1. The predicted octanol–water partition coefficient (Wildman–Crippen LogP) is 14.2. The second kappa shape index (κ2) is 13.7. The Labute approximate surface area is 331 Å². The summed E-state index contributed by atoms with van der Waals surface area (Å²) in [4.78, 5) is 9.75. The van der Waals surface area contributed by atoms with Gasteiger partial charge in [-0.2, -0.15) is 0 Å². The van der Waals surface area contributed by atoms with E-state index in [0.717, 1.165) is 55.6 Å². The smallest absolute Gasteiger partial charge is 0.227 e. The van der Waals surface area contributed by atoms with Crippen LogP contribution in [0, 0.1) is 0 Å². The Balaban J connectivity index is 1.04. The molecule has 0 spiro atoms. The standard InChI is InChI=1S/C53H37N3O/c1-4-15-36(16-5-1)43-21-10-12-25-49(43)55(41-31-32-46-45-22-11-13-26-50(45)56(51(46)35-41)39-19-8-3-9-20-39)40-29-27-37(28-30-40)42-23-14-24-47-44(42)33-34-48-52(47)57-53(54-48)38-17-6-2-7-18-38/h1-35,45,50H. The van der Waals surface area contributed by atoms with Gasteiger partial charge in [0.1, 0.15) is 5.52 Å². The zero-order valence-electron chi connectivity index (χ0n) is 31.1. The fourth-order valence-corrected chi connectivity index (χ4v) is 8.80. The molecule has 270 valence electrons. The van der Waals surface area contributed by atoms with Gasteiger partial charge in [0.15, 0.2) is 5.58 Å². The number of hydrogen-bond acceptors (Lipinski definition) is 4. The summed E-state index contributed by atoms with van der Waals surface area (Å²) in [6, 6.07) is 67.2. The van der Waals surface area contributed by atoms with Gasteiger partial charge in [0.05, 0.1) is 11.7 Å². The summed E-state index contributed by atoms with van der Waals surface area (Å²) in [7, 11) is 0. The van der Waals surface area contributed by atoms with Crippen LogP contribution in [0.25, 0.3) is 55.6 Å². The lowest BCUT2D eigenvalue weighted by atomic mass is 9.91. The van der Waals surface area contributed by atoms with Crippen LogP contribution in [0.5, 0.6) is 0 Å². The largest absolute Gasteiger partial charge is 0.435 e. The highest BCUT2D eigenvalue weighted by atomic mass is 16.3. The van der Waals surface area contributed by atoms with Crippen LogP contribution in [-0.4, -0.2) is 11.0 Å². The minimum absolute atomic E-state index is 0.218. The lowest BCUT2D eigenvalue weighted by Crippen LogP contribution is -2.28. The lowest BCUT2D eigenvalue weighted by Gasteiger charge is -2.30. The Kier molecular flexibility index (Phi) is 7.92. The Bertz CT molecular complexity index is 2970. The van der Waals surface area contributed by atoms with E-state index in [4.69, 9.17) is 9.40 Å². The van der Waals surface area contributed by atoms with Gasteiger partial charge in [-0.3, -0.25) is 0 Å². The average Bonchev–Trinajstić information content (AvgIpc) is 3.88. The average molecular weight is 732 g/mol. The number of fused-ring (bicyclic) bond motifs is 6. The first-order chi connectivity index (χ1) is 28.3. The first-order valence-electron chi connectivity index (χ1n) is 19.5. The van der Waals surface area contributed by atoms with Crippen LogP contribution in [0.3, 0.4) is 0 Å². The number of nitrogens with zero attached hydrogens (tertiary/aromatic N) is 3. The quantitative estimate of drug-likeness (QED) is 0.163. The molecule has 2 atom stereocenters. The van der Waals surface area contributed by atoms with Crippen molar-refractivity contribution in [1.82, 2.24) is 4.98 Å². The molecule has 0 fully saturated rings. The number of rotatable bonds is 7. The van der Waals surface area contributed by atoms with Crippen molar-refractivity contribution in [2.75, 3.05) is 9.80 Å². The SMILES string of the molecule is C1=CC2c3ccc(N(c4ccc(-c5cccc6c5ccc5nc(-c7ccccc7)oc56)cc4)c4ccccc4-c4ccccc4)cc3N(c3ccccc3)C2C=C1. The summed E-state index contributed by atoms with van der Waals surface area (Å²) in [5, 5.41) is 2.18. The van der Waals surface area contributed by atoms with Crippen molar-refractivity contribution in [2.24, 2.45) is 0 Å². The minimum Gasteiger partial charge on any atom is -0.435 e. The van der Waals surface area contributed by atoms with Crippen LogP contribution in [0.2, 0.25) is 0 Å². The zero-order valence-corrected chi connectivity index (χ0v) is 31.1. The molecule has 0 saturated carbocycles. The first kappa shape index (κ1) is 33.0. The molecule has 9 aromatic rings. The zero-order chi connectivity index (χ0) is 37.7. The fraction of sp³-hybridized carbons (Fsp3) is 0.0377. The third kappa shape index (κ3) is 5.65. The highest BCUT2D eigenvalue weighted by molar-refractivity contribution is 6.09. The predicted molar refractivity (Wildman–Crippen MR) is 236 cm³/mol. The molecule has 0 saturated heterocycles. The molecule has 1 aliphatic carbocycles. The Morgan fingerprint density at radius 3 is 1.98 bits per heavy atom.